The molecular formula is C16H17ClN2. The minimum atomic E-state index is 0.106. The van der Waals surface area contributed by atoms with Crippen molar-refractivity contribution in [1.29, 1.82) is 0 Å². The van der Waals surface area contributed by atoms with Crippen LogP contribution in [0.1, 0.15) is 22.7 Å². The van der Waals surface area contributed by atoms with Crippen molar-refractivity contribution >= 4 is 17.3 Å². The summed E-state index contributed by atoms with van der Waals surface area (Å²) in [5.74, 6) is 0. The van der Waals surface area contributed by atoms with E-state index >= 15 is 0 Å². The zero-order valence-corrected chi connectivity index (χ0v) is 11.7. The molecule has 0 aliphatic carbocycles. The smallest absolute Gasteiger partial charge is 0.0494 e. The normalized spacial score (nSPS) is 17.6. The monoisotopic (exact) mass is 272 g/mol. The summed E-state index contributed by atoms with van der Waals surface area (Å²) in [6.45, 7) is 3.82. The van der Waals surface area contributed by atoms with E-state index in [0.717, 1.165) is 18.1 Å². The van der Waals surface area contributed by atoms with Crippen molar-refractivity contribution in [3.63, 3.8) is 0 Å². The predicted octanol–water partition coefficient (Wildman–Crippen LogP) is 3.67. The number of nitrogens with zero attached hydrogens (tertiary/aromatic N) is 1. The van der Waals surface area contributed by atoms with Gasteiger partial charge in [0.1, 0.15) is 0 Å². The third kappa shape index (κ3) is 2.46. The molecule has 2 aromatic carbocycles. The van der Waals surface area contributed by atoms with Crippen LogP contribution in [0, 0.1) is 6.92 Å². The van der Waals surface area contributed by atoms with Crippen LogP contribution in [-0.2, 0) is 6.54 Å². The van der Waals surface area contributed by atoms with E-state index in [1.165, 1.54) is 22.4 Å². The lowest BCUT2D eigenvalue weighted by Gasteiger charge is -2.19. The van der Waals surface area contributed by atoms with Crippen LogP contribution >= 0.6 is 11.6 Å². The van der Waals surface area contributed by atoms with E-state index < -0.39 is 0 Å². The summed E-state index contributed by atoms with van der Waals surface area (Å²) in [7, 11) is 0. The van der Waals surface area contributed by atoms with Crippen LogP contribution in [0.4, 0.5) is 5.69 Å². The first-order valence-corrected chi connectivity index (χ1v) is 6.87. The Labute approximate surface area is 118 Å². The Morgan fingerprint density at radius 3 is 2.89 bits per heavy atom. The maximum Gasteiger partial charge on any atom is 0.0494 e. The molecule has 19 heavy (non-hydrogen) atoms. The van der Waals surface area contributed by atoms with Gasteiger partial charge in [-0.15, -0.1) is 0 Å². The van der Waals surface area contributed by atoms with E-state index in [0.29, 0.717) is 0 Å². The van der Waals surface area contributed by atoms with Crippen LogP contribution in [0.25, 0.3) is 0 Å². The maximum absolute atomic E-state index is 6.22. The number of nitrogens with two attached hydrogens (primary N) is 1. The number of aryl methyl sites for hydroxylation is 1. The minimum absolute atomic E-state index is 0.106. The molecule has 0 saturated heterocycles. The minimum Gasteiger partial charge on any atom is -0.365 e. The molecule has 0 amide bonds. The Morgan fingerprint density at radius 2 is 2.11 bits per heavy atom. The third-order valence-electron chi connectivity index (χ3n) is 3.60. The highest BCUT2D eigenvalue weighted by Crippen LogP contribution is 2.35. The van der Waals surface area contributed by atoms with Crippen LogP contribution in [0.2, 0.25) is 5.02 Å². The van der Waals surface area contributed by atoms with E-state index in [9.17, 15) is 0 Å². The molecule has 1 heterocycles. The van der Waals surface area contributed by atoms with E-state index in [1.807, 2.05) is 18.2 Å². The fourth-order valence-electron chi connectivity index (χ4n) is 2.70. The van der Waals surface area contributed by atoms with Crippen molar-refractivity contribution in [2.45, 2.75) is 19.5 Å². The van der Waals surface area contributed by atoms with Crippen LogP contribution in [-0.4, -0.2) is 6.54 Å². The molecular weight excluding hydrogens is 256 g/mol. The van der Waals surface area contributed by atoms with Crippen molar-refractivity contribution in [3.8, 4) is 0 Å². The predicted molar refractivity (Wildman–Crippen MR) is 80.6 cm³/mol. The summed E-state index contributed by atoms with van der Waals surface area (Å²) in [4.78, 5) is 2.32. The Bertz CT molecular complexity index is 609. The summed E-state index contributed by atoms with van der Waals surface area (Å²) >= 11 is 6.04. The summed E-state index contributed by atoms with van der Waals surface area (Å²) in [5.41, 5.74) is 11.2. The molecule has 3 heteroatoms. The second kappa shape index (κ2) is 4.87. The first-order valence-electron chi connectivity index (χ1n) is 6.49. The van der Waals surface area contributed by atoms with Gasteiger partial charge in [0.05, 0.1) is 0 Å². The van der Waals surface area contributed by atoms with Gasteiger partial charge in [0.15, 0.2) is 0 Å². The summed E-state index contributed by atoms with van der Waals surface area (Å²) in [6.07, 6.45) is 0. The van der Waals surface area contributed by atoms with Gasteiger partial charge in [-0.3, -0.25) is 0 Å². The molecule has 0 bridgehead atoms. The Hall–Kier alpha value is -1.51. The third-order valence-corrected chi connectivity index (χ3v) is 3.84. The van der Waals surface area contributed by atoms with Gasteiger partial charge in [-0.25, -0.2) is 0 Å². The van der Waals surface area contributed by atoms with Crippen molar-refractivity contribution in [3.05, 3.63) is 64.2 Å². The lowest BCUT2D eigenvalue weighted by molar-refractivity contribution is 0.720. The van der Waals surface area contributed by atoms with Crippen LogP contribution in [0.15, 0.2) is 42.5 Å². The lowest BCUT2D eigenvalue weighted by Crippen LogP contribution is -2.23. The van der Waals surface area contributed by atoms with E-state index in [2.05, 4.69) is 36.1 Å². The Kier molecular flexibility index (Phi) is 3.21. The fourth-order valence-corrected chi connectivity index (χ4v) is 2.91. The van der Waals surface area contributed by atoms with Crippen LogP contribution < -0.4 is 10.6 Å². The topological polar surface area (TPSA) is 29.3 Å². The van der Waals surface area contributed by atoms with Crippen LogP contribution in [0.5, 0.6) is 0 Å². The van der Waals surface area contributed by atoms with Gasteiger partial charge in [0.2, 0.25) is 0 Å². The summed E-state index contributed by atoms with van der Waals surface area (Å²) in [6, 6.07) is 14.6. The van der Waals surface area contributed by atoms with Gasteiger partial charge in [0.25, 0.3) is 0 Å². The molecule has 1 aliphatic heterocycles. The average molecular weight is 273 g/mol. The standard InChI is InChI=1S/C16H17ClN2/c1-11-5-6-16-14(7-11)15(18)10-19(16)9-12-3-2-4-13(17)8-12/h2-8,15H,9-10,18H2,1H3/t15-/m1/s1. The van der Waals surface area contributed by atoms with Crippen molar-refractivity contribution < 1.29 is 0 Å². The molecule has 0 fully saturated rings. The highest BCUT2D eigenvalue weighted by molar-refractivity contribution is 6.30. The van der Waals surface area contributed by atoms with E-state index in [1.54, 1.807) is 0 Å². The van der Waals surface area contributed by atoms with Crippen LogP contribution in [0.3, 0.4) is 0 Å². The molecule has 3 rings (SSSR count). The fraction of sp³-hybridized carbons (Fsp3) is 0.250. The summed E-state index contributed by atoms with van der Waals surface area (Å²) in [5, 5.41) is 0.783. The molecule has 1 atom stereocenters. The Morgan fingerprint density at radius 1 is 1.26 bits per heavy atom. The van der Waals surface area contributed by atoms with Crippen molar-refractivity contribution in [1.82, 2.24) is 0 Å². The van der Waals surface area contributed by atoms with Crippen molar-refractivity contribution in [2.24, 2.45) is 5.73 Å². The maximum atomic E-state index is 6.22. The second-order valence-corrected chi connectivity index (χ2v) is 5.62. The molecule has 0 saturated carbocycles. The number of hydrogen-bond acceptors (Lipinski definition) is 2. The molecule has 2 N–H and O–H groups in total. The van der Waals surface area contributed by atoms with Gasteiger partial charge >= 0.3 is 0 Å². The molecule has 2 nitrogen and oxygen atoms in total. The first kappa shape index (κ1) is 12.5. The number of anilines is 1. The largest absolute Gasteiger partial charge is 0.365 e. The number of halogens is 1. The Balaban J connectivity index is 1.89. The molecule has 2 aromatic rings. The highest BCUT2D eigenvalue weighted by atomic mass is 35.5. The average Bonchev–Trinajstić information content (AvgIpc) is 2.66. The number of benzene rings is 2. The molecule has 0 aromatic heterocycles. The second-order valence-electron chi connectivity index (χ2n) is 5.18. The van der Waals surface area contributed by atoms with E-state index in [4.69, 9.17) is 17.3 Å². The van der Waals surface area contributed by atoms with Gasteiger partial charge in [-0.2, -0.15) is 0 Å². The van der Waals surface area contributed by atoms with Crippen molar-refractivity contribution in [2.75, 3.05) is 11.4 Å². The molecule has 0 unspecified atom stereocenters. The zero-order chi connectivity index (χ0) is 13.4. The highest BCUT2D eigenvalue weighted by Gasteiger charge is 2.25. The van der Waals surface area contributed by atoms with Gasteiger partial charge < -0.3 is 10.6 Å². The quantitative estimate of drug-likeness (QED) is 0.904. The SMILES string of the molecule is Cc1ccc2c(c1)[C@H](N)CN2Cc1cccc(Cl)c1. The molecule has 0 spiro atoms. The number of rotatable bonds is 2. The molecule has 98 valence electrons. The number of fused-ring (bicyclic) bond motifs is 1. The van der Waals surface area contributed by atoms with E-state index in [-0.39, 0.29) is 6.04 Å². The molecule has 1 aliphatic rings. The summed E-state index contributed by atoms with van der Waals surface area (Å²) < 4.78 is 0. The van der Waals surface area contributed by atoms with Gasteiger partial charge in [-0.1, -0.05) is 41.4 Å². The van der Waals surface area contributed by atoms with Gasteiger partial charge in [0, 0.05) is 29.8 Å². The van der Waals surface area contributed by atoms with Gasteiger partial charge in [-0.05, 0) is 36.2 Å². The number of hydrogen-bond donors (Lipinski definition) is 1. The first-order chi connectivity index (χ1) is 9.13. The molecule has 0 radical (unpaired) electrons. The zero-order valence-electron chi connectivity index (χ0n) is 10.9. The lowest BCUT2D eigenvalue weighted by atomic mass is 10.1.